The van der Waals surface area contributed by atoms with Crippen LogP contribution in [0.4, 0.5) is 20.2 Å². The molecule has 2 rings (SSSR count). The summed E-state index contributed by atoms with van der Waals surface area (Å²) in [6, 6.07) is 9.68. The summed E-state index contributed by atoms with van der Waals surface area (Å²) in [5.74, 6) is -1.32. The lowest BCUT2D eigenvalue weighted by Crippen LogP contribution is -2.10. The van der Waals surface area contributed by atoms with Crippen LogP contribution in [0.2, 0.25) is 0 Å². The van der Waals surface area contributed by atoms with Gasteiger partial charge >= 0.3 is 0 Å². The minimum atomic E-state index is -3.49. The van der Waals surface area contributed by atoms with E-state index in [-0.39, 0.29) is 16.9 Å². The summed E-state index contributed by atoms with van der Waals surface area (Å²) in [5.41, 5.74) is 0.805. The molecule has 0 radical (unpaired) electrons. The molecule has 0 amide bonds. The lowest BCUT2D eigenvalue weighted by Gasteiger charge is -2.06. The lowest BCUT2D eigenvalue weighted by atomic mass is 10.1. The van der Waals surface area contributed by atoms with E-state index in [1.54, 1.807) is 12.1 Å². The number of hydrogen-bond donors (Lipinski definition) is 2. The molecule has 0 heterocycles. The normalized spacial score (nSPS) is 11.0. The number of aryl methyl sites for hydroxylation is 1. The maximum absolute atomic E-state index is 13.2. The van der Waals surface area contributed by atoms with Gasteiger partial charge in [-0.1, -0.05) is 13.0 Å². The van der Waals surface area contributed by atoms with Crippen molar-refractivity contribution in [1.82, 2.24) is 0 Å². The van der Waals surface area contributed by atoms with Crippen molar-refractivity contribution in [2.45, 2.75) is 13.3 Å². The van der Waals surface area contributed by atoms with Gasteiger partial charge in [0.05, 0.1) is 35.5 Å². The summed E-state index contributed by atoms with van der Waals surface area (Å²) >= 11 is 0. The van der Waals surface area contributed by atoms with Crippen LogP contribution >= 0.6 is 0 Å². The Balaban J connectivity index is 0.000000280. The SMILES string of the molecule is CCc1ccc(NS(C)(=O)=O)c(F)c1.CS(=O)(=O)Nc1ccc(C#N)cc1F. The molecule has 0 saturated carbocycles. The van der Waals surface area contributed by atoms with Gasteiger partial charge in [0.2, 0.25) is 20.0 Å². The minimum absolute atomic E-state index is 0.00954. The Labute approximate surface area is 163 Å². The Hall–Kier alpha value is -2.71. The van der Waals surface area contributed by atoms with E-state index in [0.29, 0.717) is 0 Å². The zero-order valence-electron chi connectivity index (χ0n) is 15.3. The molecule has 28 heavy (non-hydrogen) atoms. The van der Waals surface area contributed by atoms with Crippen LogP contribution in [0.25, 0.3) is 0 Å². The summed E-state index contributed by atoms with van der Waals surface area (Å²) in [7, 11) is -6.90. The number of hydrogen-bond acceptors (Lipinski definition) is 5. The third-order valence-corrected chi connectivity index (χ3v) is 4.31. The largest absolute Gasteiger partial charge is 0.281 e. The molecule has 0 aromatic heterocycles. The van der Waals surface area contributed by atoms with Crippen LogP contribution in [0.5, 0.6) is 0 Å². The predicted molar refractivity (Wildman–Crippen MR) is 104 cm³/mol. The lowest BCUT2D eigenvalue weighted by molar-refractivity contribution is 0.602. The first-order valence-corrected chi connectivity index (χ1v) is 11.6. The van der Waals surface area contributed by atoms with E-state index in [9.17, 15) is 25.6 Å². The van der Waals surface area contributed by atoms with Crippen molar-refractivity contribution in [2.24, 2.45) is 0 Å². The van der Waals surface area contributed by atoms with Crippen LogP contribution in [-0.2, 0) is 26.5 Å². The van der Waals surface area contributed by atoms with Crippen molar-refractivity contribution in [1.29, 1.82) is 5.26 Å². The fraction of sp³-hybridized carbons (Fsp3) is 0.235. The molecule has 0 bridgehead atoms. The van der Waals surface area contributed by atoms with E-state index >= 15 is 0 Å². The second kappa shape index (κ2) is 9.48. The molecule has 0 aliphatic heterocycles. The predicted octanol–water partition coefficient (Wildman–Crippen LogP) is 2.83. The summed E-state index contributed by atoms with van der Waals surface area (Å²) in [6.07, 6.45) is 2.63. The first-order chi connectivity index (χ1) is 12.8. The maximum atomic E-state index is 13.2. The number of nitrogens with one attached hydrogen (secondary N) is 2. The van der Waals surface area contributed by atoms with Gasteiger partial charge in [-0.25, -0.2) is 25.6 Å². The van der Waals surface area contributed by atoms with Gasteiger partial charge in [-0.15, -0.1) is 0 Å². The molecule has 0 spiro atoms. The number of nitrogens with zero attached hydrogens (tertiary/aromatic N) is 1. The third kappa shape index (κ3) is 8.32. The summed E-state index contributed by atoms with van der Waals surface area (Å²) in [4.78, 5) is 0. The Bertz CT molecular complexity index is 1100. The van der Waals surface area contributed by atoms with Crippen LogP contribution in [0.1, 0.15) is 18.1 Å². The molecule has 0 fully saturated rings. The minimum Gasteiger partial charge on any atom is -0.281 e. The van der Waals surface area contributed by atoms with Gasteiger partial charge in [-0.2, -0.15) is 5.26 Å². The molecular weight excluding hydrogens is 412 g/mol. The van der Waals surface area contributed by atoms with Crippen LogP contribution in [0.3, 0.4) is 0 Å². The molecule has 0 aliphatic carbocycles. The highest BCUT2D eigenvalue weighted by Gasteiger charge is 2.08. The molecule has 2 aromatic rings. The third-order valence-electron chi connectivity index (χ3n) is 3.13. The molecule has 0 unspecified atom stereocenters. The molecular formula is C17H19F2N3O4S2. The number of halogens is 2. The van der Waals surface area contributed by atoms with E-state index in [1.165, 1.54) is 24.3 Å². The second-order valence-electron chi connectivity index (χ2n) is 5.72. The quantitative estimate of drug-likeness (QED) is 0.755. The molecule has 2 aromatic carbocycles. The number of nitriles is 1. The van der Waals surface area contributed by atoms with Gasteiger partial charge in [0.15, 0.2) is 0 Å². The van der Waals surface area contributed by atoms with Crippen LogP contribution in [0.15, 0.2) is 36.4 Å². The van der Waals surface area contributed by atoms with Crippen LogP contribution in [0, 0.1) is 23.0 Å². The molecule has 0 aliphatic rings. The highest BCUT2D eigenvalue weighted by Crippen LogP contribution is 2.17. The van der Waals surface area contributed by atoms with E-state index in [4.69, 9.17) is 5.26 Å². The number of rotatable bonds is 5. The van der Waals surface area contributed by atoms with E-state index in [0.717, 1.165) is 30.6 Å². The Morgan fingerprint density at radius 1 is 0.893 bits per heavy atom. The Morgan fingerprint density at radius 2 is 1.36 bits per heavy atom. The van der Waals surface area contributed by atoms with Gasteiger partial charge < -0.3 is 0 Å². The van der Waals surface area contributed by atoms with E-state index in [1.807, 2.05) is 11.6 Å². The second-order valence-corrected chi connectivity index (χ2v) is 9.22. The van der Waals surface area contributed by atoms with Crippen molar-refractivity contribution in [3.05, 3.63) is 59.2 Å². The standard InChI is InChI=1S/C9H12FNO2S.C8H7FN2O2S/c1-3-7-4-5-9(8(10)6-7)11-14(2,12)13;1-14(12,13)11-8-3-2-6(5-10)4-7(8)9/h4-6,11H,3H2,1-2H3;2-4,11H,1H3. The van der Waals surface area contributed by atoms with E-state index < -0.39 is 31.7 Å². The van der Waals surface area contributed by atoms with Gasteiger partial charge in [0, 0.05) is 0 Å². The molecule has 0 atom stereocenters. The highest BCUT2D eigenvalue weighted by molar-refractivity contribution is 7.92. The maximum Gasteiger partial charge on any atom is 0.229 e. The monoisotopic (exact) mass is 431 g/mol. The summed E-state index contributed by atoms with van der Waals surface area (Å²) < 4.78 is 73.6. The van der Waals surface area contributed by atoms with Gasteiger partial charge in [-0.3, -0.25) is 9.44 Å². The van der Waals surface area contributed by atoms with Gasteiger partial charge in [0.25, 0.3) is 0 Å². The van der Waals surface area contributed by atoms with Crippen molar-refractivity contribution in [3.63, 3.8) is 0 Å². The molecule has 7 nitrogen and oxygen atoms in total. The molecule has 0 saturated heterocycles. The van der Waals surface area contributed by atoms with Gasteiger partial charge in [-0.05, 0) is 42.3 Å². The summed E-state index contributed by atoms with van der Waals surface area (Å²) in [5, 5.41) is 8.43. The number of benzene rings is 2. The average molecular weight is 431 g/mol. The highest BCUT2D eigenvalue weighted by atomic mass is 32.2. The van der Waals surface area contributed by atoms with Crippen molar-refractivity contribution in [3.8, 4) is 6.07 Å². The van der Waals surface area contributed by atoms with Crippen LogP contribution < -0.4 is 9.44 Å². The fourth-order valence-corrected chi connectivity index (χ4v) is 3.06. The zero-order chi connectivity index (χ0) is 21.5. The van der Waals surface area contributed by atoms with Crippen molar-refractivity contribution < 1.29 is 25.6 Å². The number of sulfonamides is 2. The molecule has 152 valence electrons. The van der Waals surface area contributed by atoms with Crippen LogP contribution in [-0.4, -0.2) is 29.3 Å². The van der Waals surface area contributed by atoms with Crippen molar-refractivity contribution >= 4 is 31.4 Å². The van der Waals surface area contributed by atoms with Crippen molar-refractivity contribution in [2.75, 3.05) is 22.0 Å². The topological polar surface area (TPSA) is 116 Å². The molecule has 2 N–H and O–H groups in total. The zero-order valence-corrected chi connectivity index (χ0v) is 17.0. The average Bonchev–Trinajstić information content (AvgIpc) is 2.57. The fourth-order valence-electron chi connectivity index (χ4n) is 1.93. The first-order valence-electron chi connectivity index (χ1n) is 7.78. The van der Waals surface area contributed by atoms with E-state index in [2.05, 4.69) is 4.72 Å². The smallest absolute Gasteiger partial charge is 0.229 e. The van der Waals surface area contributed by atoms with Gasteiger partial charge in [0.1, 0.15) is 11.6 Å². The first kappa shape index (κ1) is 23.3. The Morgan fingerprint density at radius 3 is 1.71 bits per heavy atom. The summed E-state index contributed by atoms with van der Waals surface area (Å²) in [6.45, 7) is 1.90. The molecule has 11 heteroatoms. The number of anilines is 2. The Kier molecular flexibility index (Phi) is 7.89.